The van der Waals surface area contributed by atoms with E-state index < -0.39 is 0 Å². The molecule has 0 amide bonds. The summed E-state index contributed by atoms with van der Waals surface area (Å²) in [4.78, 5) is 20.6. The van der Waals surface area contributed by atoms with Crippen molar-refractivity contribution >= 4 is 11.6 Å². The van der Waals surface area contributed by atoms with Crippen LogP contribution in [-0.4, -0.2) is 25.8 Å². The minimum absolute atomic E-state index is 0.231. The highest BCUT2D eigenvalue weighted by Crippen LogP contribution is 1.89. The van der Waals surface area contributed by atoms with E-state index in [4.69, 9.17) is 0 Å². The molecule has 0 aromatic carbocycles. The molecule has 0 radical (unpaired) electrons. The predicted octanol–water partition coefficient (Wildman–Crippen LogP) is 3.57. The van der Waals surface area contributed by atoms with Crippen molar-refractivity contribution in [3.05, 3.63) is 12.2 Å². The average molecular weight is 244 g/mol. The van der Waals surface area contributed by atoms with E-state index in [1.807, 2.05) is 20.8 Å². The van der Waals surface area contributed by atoms with Gasteiger partial charge in [0.1, 0.15) is 5.78 Å². The van der Waals surface area contributed by atoms with Crippen LogP contribution in [0.15, 0.2) is 12.2 Å². The summed E-state index contributed by atoms with van der Waals surface area (Å²) >= 11 is 0. The maximum atomic E-state index is 10.6. The Morgan fingerprint density at radius 1 is 1.06 bits per heavy atom. The molecule has 102 valence electrons. The second-order valence-corrected chi connectivity index (χ2v) is 3.58. The molecule has 0 atom stereocenters. The van der Waals surface area contributed by atoms with Gasteiger partial charge in [0.15, 0.2) is 5.78 Å². The summed E-state index contributed by atoms with van der Waals surface area (Å²) in [5.41, 5.74) is 0. The van der Waals surface area contributed by atoms with Gasteiger partial charge in [-0.2, -0.15) is 0 Å². The fourth-order valence-electron chi connectivity index (χ4n) is 0.868. The molecule has 0 heterocycles. The first-order valence-corrected chi connectivity index (χ1v) is 6.05. The highest BCUT2D eigenvalue weighted by atomic mass is 16.4. The summed E-state index contributed by atoms with van der Waals surface area (Å²) < 4.78 is 4.25. The van der Waals surface area contributed by atoms with Gasteiger partial charge in [-0.1, -0.05) is 19.9 Å². The first-order chi connectivity index (χ1) is 7.99. The number of hydrogen-bond acceptors (Lipinski definition) is 3. The third-order valence-electron chi connectivity index (χ3n) is 1.45. The van der Waals surface area contributed by atoms with Crippen LogP contribution in [0.2, 0.25) is 0 Å². The van der Waals surface area contributed by atoms with E-state index in [9.17, 15) is 9.59 Å². The van der Waals surface area contributed by atoms with E-state index in [0.717, 1.165) is 19.3 Å². The van der Waals surface area contributed by atoms with Crippen LogP contribution in [0.1, 0.15) is 53.4 Å². The molecule has 0 saturated heterocycles. The average Bonchev–Trinajstić information content (AvgIpc) is 2.20. The molecule has 0 aliphatic heterocycles. The summed E-state index contributed by atoms with van der Waals surface area (Å²) in [6.07, 6.45) is 6.74. The van der Waals surface area contributed by atoms with Gasteiger partial charge in [0.2, 0.25) is 0 Å². The third-order valence-corrected chi connectivity index (χ3v) is 1.45. The number of carbonyl (C=O) groups excluding carboxylic acids is 2. The standard InChI is InChI=1S/C7H12O.C5H10O.C2H6O/c1-3-5-7(8)6-4-2;1-3-4-5(2)6;1-3-2/h3,5H,4,6H2,1-2H3;3-4H2,1-2H3;1-2H3/b5-3+;;. The van der Waals surface area contributed by atoms with E-state index in [1.54, 1.807) is 33.3 Å². The number of rotatable bonds is 5. The molecule has 0 aromatic rings. The van der Waals surface area contributed by atoms with E-state index in [2.05, 4.69) is 4.74 Å². The van der Waals surface area contributed by atoms with Crippen LogP contribution in [0, 0.1) is 0 Å². The van der Waals surface area contributed by atoms with Gasteiger partial charge in [-0.3, -0.25) is 4.79 Å². The molecule has 0 fully saturated rings. The largest absolute Gasteiger partial charge is 0.388 e. The first-order valence-electron chi connectivity index (χ1n) is 6.05. The summed E-state index contributed by atoms with van der Waals surface area (Å²) in [7, 11) is 3.25. The van der Waals surface area contributed by atoms with Crippen LogP contribution >= 0.6 is 0 Å². The Morgan fingerprint density at radius 2 is 1.47 bits per heavy atom. The van der Waals surface area contributed by atoms with Crippen molar-refractivity contribution in [3.8, 4) is 0 Å². The number of carbonyl (C=O) groups is 2. The Bertz CT molecular complexity index is 196. The number of allylic oxidation sites excluding steroid dienone is 2. The smallest absolute Gasteiger partial charge is 0.155 e. The number of ketones is 2. The number of hydrogen-bond donors (Lipinski definition) is 0. The van der Waals surface area contributed by atoms with Crippen molar-refractivity contribution in [2.75, 3.05) is 14.2 Å². The van der Waals surface area contributed by atoms with Crippen LogP contribution < -0.4 is 0 Å². The molecule has 0 N–H and O–H groups in total. The zero-order valence-corrected chi connectivity index (χ0v) is 12.2. The molecule has 0 unspecified atom stereocenters. The van der Waals surface area contributed by atoms with Crippen molar-refractivity contribution in [3.63, 3.8) is 0 Å². The molecule has 0 bridgehead atoms. The fraction of sp³-hybridized carbons (Fsp3) is 0.714. The molecule has 0 aliphatic carbocycles. The summed E-state index contributed by atoms with van der Waals surface area (Å²) in [6.45, 7) is 7.47. The van der Waals surface area contributed by atoms with E-state index in [1.165, 1.54) is 0 Å². The van der Waals surface area contributed by atoms with E-state index in [0.29, 0.717) is 6.42 Å². The minimum atomic E-state index is 0.231. The zero-order chi connectivity index (χ0) is 14.1. The molecule has 0 aliphatic rings. The number of ether oxygens (including phenoxy) is 1. The quantitative estimate of drug-likeness (QED) is 0.694. The van der Waals surface area contributed by atoms with Crippen LogP contribution in [0.5, 0.6) is 0 Å². The fourth-order valence-corrected chi connectivity index (χ4v) is 0.868. The van der Waals surface area contributed by atoms with Crippen LogP contribution in [0.4, 0.5) is 0 Å². The molecule has 3 nitrogen and oxygen atoms in total. The maximum Gasteiger partial charge on any atom is 0.155 e. The van der Waals surface area contributed by atoms with Gasteiger partial charge in [0.25, 0.3) is 0 Å². The molecule has 0 aromatic heterocycles. The third kappa shape index (κ3) is 39.6. The first kappa shape index (κ1) is 21.3. The Labute approximate surface area is 106 Å². The molecular formula is C14H28O3. The maximum absolute atomic E-state index is 10.6. The monoisotopic (exact) mass is 244 g/mol. The van der Waals surface area contributed by atoms with Crippen LogP contribution in [0.25, 0.3) is 0 Å². The van der Waals surface area contributed by atoms with Crippen molar-refractivity contribution in [1.82, 2.24) is 0 Å². The van der Waals surface area contributed by atoms with Crippen molar-refractivity contribution in [2.45, 2.75) is 53.4 Å². The molecule has 0 rings (SSSR count). The zero-order valence-electron chi connectivity index (χ0n) is 12.2. The Morgan fingerprint density at radius 3 is 1.65 bits per heavy atom. The lowest BCUT2D eigenvalue weighted by Crippen LogP contribution is -1.88. The lowest BCUT2D eigenvalue weighted by molar-refractivity contribution is -0.117. The van der Waals surface area contributed by atoms with Crippen LogP contribution in [0.3, 0.4) is 0 Å². The second-order valence-electron chi connectivity index (χ2n) is 3.58. The topological polar surface area (TPSA) is 43.4 Å². The van der Waals surface area contributed by atoms with Gasteiger partial charge in [0.05, 0.1) is 0 Å². The predicted molar refractivity (Wildman–Crippen MR) is 73.3 cm³/mol. The number of Topliss-reactive ketones (excluding diaryl/α,β-unsaturated/α-hetero) is 1. The molecule has 0 saturated carbocycles. The SMILES string of the molecule is C/C=C/C(=O)CCC.CCCC(C)=O.COC. The highest BCUT2D eigenvalue weighted by Gasteiger charge is 1.89. The minimum Gasteiger partial charge on any atom is -0.388 e. The van der Waals surface area contributed by atoms with Crippen molar-refractivity contribution in [2.24, 2.45) is 0 Å². The lowest BCUT2D eigenvalue weighted by atomic mass is 10.2. The summed E-state index contributed by atoms with van der Waals surface area (Å²) in [5.74, 6) is 0.521. The second kappa shape index (κ2) is 20.5. The Balaban J connectivity index is -0.000000193. The normalized spacial score (nSPS) is 8.82. The molecule has 3 heteroatoms. The van der Waals surface area contributed by atoms with Crippen molar-refractivity contribution in [1.29, 1.82) is 0 Å². The van der Waals surface area contributed by atoms with Gasteiger partial charge < -0.3 is 9.53 Å². The Hall–Kier alpha value is -0.960. The highest BCUT2D eigenvalue weighted by molar-refractivity contribution is 5.89. The molecule has 0 spiro atoms. The van der Waals surface area contributed by atoms with E-state index >= 15 is 0 Å². The summed E-state index contributed by atoms with van der Waals surface area (Å²) in [6, 6.07) is 0. The van der Waals surface area contributed by atoms with Gasteiger partial charge in [-0.15, -0.1) is 0 Å². The van der Waals surface area contributed by atoms with Crippen LogP contribution in [-0.2, 0) is 14.3 Å². The number of methoxy groups -OCH3 is 1. The summed E-state index contributed by atoms with van der Waals surface area (Å²) in [5, 5.41) is 0. The van der Waals surface area contributed by atoms with Crippen molar-refractivity contribution < 1.29 is 14.3 Å². The lowest BCUT2D eigenvalue weighted by Gasteiger charge is -1.84. The van der Waals surface area contributed by atoms with Gasteiger partial charge >= 0.3 is 0 Å². The van der Waals surface area contributed by atoms with Gasteiger partial charge in [0, 0.05) is 27.1 Å². The van der Waals surface area contributed by atoms with Gasteiger partial charge in [-0.25, -0.2) is 0 Å². The Kier molecular flexibility index (Phi) is 25.7. The molecular weight excluding hydrogens is 216 g/mol. The van der Waals surface area contributed by atoms with Gasteiger partial charge in [-0.05, 0) is 32.8 Å². The van der Waals surface area contributed by atoms with E-state index in [-0.39, 0.29) is 11.6 Å². The molecule has 17 heavy (non-hydrogen) atoms.